The van der Waals surface area contributed by atoms with Crippen LogP contribution in [-0.2, 0) is 18.3 Å². The molecular formula is C19H27N5O. The second-order valence-electron chi connectivity index (χ2n) is 7.97. The third-order valence-electron chi connectivity index (χ3n) is 4.68. The number of hydrogen-bond donors (Lipinski definition) is 0. The summed E-state index contributed by atoms with van der Waals surface area (Å²) in [6, 6.07) is 0. The van der Waals surface area contributed by atoms with E-state index in [1.807, 2.05) is 45.1 Å². The zero-order valence-corrected chi connectivity index (χ0v) is 15.6. The van der Waals surface area contributed by atoms with Gasteiger partial charge in [-0.05, 0) is 25.2 Å². The summed E-state index contributed by atoms with van der Waals surface area (Å²) < 4.78 is 1.78. The molecule has 1 atom stereocenters. The lowest BCUT2D eigenvalue weighted by atomic mass is 9.89. The number of carbonyl (C=O) groups excluding carboxylic acids is 1. The van der Waals surface area contributed by atoms with Crippen molar-refractivity contribution >= 4 is 5.91 Å². The van der Waals surface area contributed by atoms with Gasteiger partial charge >= 0.3 is 0 Å². The molecule has 0 aromatic carbocycles. The van der Waals surface area contributed by atoms with Gasteiger partial charge in [-0.1, -0.05) is 20.8 Å². The van der Waals surface area contributed by atoms with Crippen LogP contribution in [0.3, 0.4) is 0 Å². The Labute approximate surface area is 149 Å². The van der Waals surface area contributed by atoms with Gasteiger partial charge in [0, 0.05) is 49.7 Å². The molecule has 0 aliphatic carbocycles. The second-order valence-corrected chi connectivity index (χ2v) is 7.97. The van der Waals surface area contributed by atoms with E-state index in [-0.39, 0.29) is 11.3 Å². The Bertz CT molecular complexity index is 746. The van der Waals surface area contributed by atoms with Gasteiger partial charge in [0.15, 0.2) is 0 Å². The van der Waals surface area contributed by atoms with Gasteiger partial charge < -0.3 is 4.90 Å². The highest BCUT2D eigenvalue weighted by Crippen LogP contribution is 2.27. The standard InChI is InChI=1S/C19H27N5O/c1-19(2,3)18(25)24-9-5-6-14(12-24)10-16-17(21-8-7-20-16)15-11-22-23(4)13-15/h7-8,11,13-14H,5-6,9-10,12H2,1-4H3/t14-/m0/s1. The predicted molar refractivity (Wildman–Crippen MR) is 96.7 cm³/mol. The van der Waals surface area contributed by atoms with Crippen LogP contribution in [0.15, 0.2) is 24.8 Å². The summed E-state index contributed by atoms with van der Waals surface area (Å²) in [6.45, 7) is 7.63. The smallest absolute Gasteiger partial charge is 0.227 e. The number of aryl methyl sites for hydroxylation is 1. The third-order valence-corrected chi connectivity index (χ3v) is 4.68. The largest absolute Gasteiger partial charge is 0.342 e. The van der Waals surface area contributed by atoms with Crippen molar-refractivity contribution in [1.29, 1.82) is 0 Å². The van der Waals surface area contributed by atoms with Crippen molar-refractivity contribution in [2.45, 2.75) is 40.0 Å². The molecule has 0 radical (unpaired) electrons. The number of piperidine rings is 1. The van der Waals surface area contributed by atoms with E-state index in [9.17, 15) is 4.79 Å². The van der Waals surface area contributed by atoms with Gasteiger partial charge in [0.05, 0.1) is 17.6 Å². The average molecular weight is 341 g/mol. The van der Waals surface area contributed by atoms with Crippen LogP contribution in [0.25, 0.3) is 11.3 Å². The number of amides is 1. The Morgan fingerprint density at radius 3 is 2.72 bits per heavy atom. The average Bonchev–Trinajstić information content (AvgIpc) is 3.00. The summed E-state index contributed by atoms with van der Waals surface area (Å²) in [5, 5.41) is 4.24. The number of likely N-dealkylation sites (tertiary alicyclic amines) is 1. The first-order valence-corrected chi connectivity index (χ1v) is 8.93. The van der Waals surface area contributed by atoms with Crippen LogP contribution in [0.1, 0.15) is 39.3 Å². The molecule has 1 saturated heterocycles. The Kier molecular flexibility index (Phi) is 4.88. The molecule has 6 heteroatoms. The van der Waals surface area contributed by atoms with Crippen molar-refractivity contribution in [2.24, 2.45) is 18.4 Å². The SMILES string of the molecule is Cn1cc(-c2nccnc2C[C@@H]2CCCN(C(=O)C(C)(C)C)C2)cn1. The summed E-state index contributed by atoms with van der Waals surface area (Å²) >= 11 is 0. The fraction of sp³-hybridized carbons (Fsp3) is 0.579. The molecule has 6 nitrogen and oxygen atoms in total. The highest BCUT2D eigenvalue weighted by atomic mass is 16.2. The molecule has 2 aromatic rings. The third kappa shape index (κ3) is 4.06. The summed E-state index contributed by atoms with van der Waals surface area (Å²) in [5.74, 6) is 0.663. The number of nitrogens with zero attached hydrogens (tertiary/aromatic N) is 5. The molecule has 1 fully saturated rings. The van der Waals surface area contributed by atoms with Crippen LogP contribution in [0.5, 0.6) is 0 Å². The summed E-state index contributed by atoms with van der Waals surface area (Å²) in [4.78, 5) is 23.7. The second kappa shape index (κ2) is 6.94. The molecule has 2 aromatic heterocycles. The highest BCUT2D eigenvalue weighted by molar-refractivity contribution is 5.81. The van der Waals surface area contributed by atoms with Gasteiger partial charge in [-0.15, -0.1) is 0 Å². The molecule has 1 aliphatic heterocycles. The van der Waals surface area contributed by atoms with Crippen LogP contribution in [0.2, 0.25) is 0 Å². The maximum Gasteiger partial charge on any atom is 0.227 e. The topological polar surface area (TPSA) is 63.9 Å². The Hall–Kier alpha value is -2.24. The van der Waals surface area contributed by atoms with Crippen molar-refractivity contribution < 1.29 is 4.79 Å². The first-order valence-electron chi connectivity index (χ1n) is 8.93. The minimum absolute atomic E-state index is 0.240. The van der Waals surface area contributed by atoms with Crippen molar-refractivity contribution in [2.75, 3.05) is 13.1 Å². The molecule has 3 heterocycles. The first kappa shape index (κ1) is 17.6. The van der Waals surface area contributed by atoms with E-state index in [0.717, 1.165) is 49.3 Å². The van der Waals surface area contributed by atoms with Gasteiger partial charge in [-0.3, -0.25) is 19.4 Å². The van der Waals surface area contributed by atoms with Crippen molar-refractivity contribution in [1.82, 2.24) is 24.6 Å². The summed E-state index contributed by atoms with van der Waals surface area (Å²) in [7, 11) is 1.90. The van der Waals surface area contributed by atoms with E-state index in [1.165, 1.54) is 0 Å². The van der Waals surface area contributed by atoms with Gasteiger partial charge in [-0.2, -0.15) is 5.10 Å². The van der Waals surface area contributed by atoms with Crippen molar-refractivity contribution in [3.63, 3.8) is 0 Å². The minimum Gasteiger partial charge on any atom is -0.342 e. The van der Waals surface area contributed by atoms with Gasteiger partial charge in [0.2, 0.25) is 5.91 Å². The van der Waals surface area contributed by atoms with E-state index >= 15 is 0 Å². The van der Waals surface area contributed by atoms with Crippen molar-refractivity contribution in [3.8, 4) is 11.3 Å². The molecule has 1 aliphatic rings. The zero-order chi connectivity index (χ0) is 18.0. The maximum atomic E-state index is 12.6. The van der Waals surface area contributed by atoms with Crippen LogP contribution >= 0.6 is 0 Å². The maximum absolute atomic E-state index is 12.6. The summed E-state index contributed by atoms with van der Waals surface area (Å²) in [6.07, 6.45) is 10.3. The number of aromatic nitrogens is 4. The predicted octanol–water partition coefficient (Wildman–Crippen LogP) is 2.70. The minimum atomic E-state index is -0.324. The monoisotopic (exact) mass is 341 g/mol. The first-order chi connectivity index (χ1) is 11.8. The lowest BCUT2D eigenvalue weighted by Gasteiger charge is -2.36. The fourth-order valence-electron chi connectivity index (χ4n) is 3.46. The zero-order valence-electron chi connectivity index (χ0n) is 15.6. The normalized spacial score (nSPS) is 18.4. The van der Waals surface area contributed by atoms with Crippen molar-refractivity contribution in [3.05, 3.63) is 30.5 Å². The van der Waals surface area contributed by atoms with E-state index < -0.39 is 0 Å². The Morgan fingerprint density at radius 1 is 1.28 bits per heavy atom. The molecule has 0 unspecified atom stereocenters. The molecular weight excluding hydrogens is 314 g/mol. The van der Waals surface area contributed by atoms with Gasteiger partial charge in [0.1, 0.15) is 0 Å². The molecule has 0 bridgehead atoms. The quantitative estimate of drug-likeness (QED) is 0.861. The molecule has 0 saturated carbocycles. The van der Waals surface area contributed by atoms with Crippen LogP contribution in [-0.4, -0.2) is 43.6 Å². The van der Waals surface area contributed by atoms with Gasteiger partial charge in [-0.25, -0.2) is 0 Å². The molecule has 3 rings (SSSR count). The molecule has 0 spiro atoms. The molecule has 1 amide bonds. The fourth-order valence-corrected chi connectivity index (χ4v) is 3.46. The molecule has 25 heavy (non-hydrogen) atoms. The van der Waals surface area contributed by atoms with Crippen LogP contribution in [0.4, 0.5) is 0 Å². The van der Waals surface area contributed by atoms with E-state index in [0.29, 0.717) is 5.92 Å². The van der Waals surface area contributed by atoms with Gasteiger partial charge in [0.25, 0.3) is 0 Å². The van der Waals surface area contributed by atoms with Crippen LogP contribution < -0.4 is 0 Å². The van der Waals surface area contributed by atoms with Crippen LogP contribution in [0, 0.1) is 11.3 Å². The van der Waals surface area contributed by atoms with E-state index in [2.05, 4.69) is 15.1 Å². The lowest BCUT2D eigenvalue weighted by Crippen LogP contribution is -2.45. The number of rotatable bonds is 3. The Morgan fingerprint density at radius 2 is 2.04 bits per heavy atom. The lowest BCUT2D eigenvalue weighted by molar-refractivity contribution is -0.141. The van der Waals surface area contributed by atoms with E-state index in [4.69, 9.17) is 0 Å². The number of hydrogen-bond acceptors (Lipinski definition) is 4. The molecule has 0 N–H and O–H groups in total. The highest BCUT2D eigenvalue weighted by Gasteiger charge is 2.31. The summed E-state index contributed by atoms with van der Waals surface area (Å²) in [5.41, 5.74) is 2.56. The molecule has 134 valence electrons. The Balaban J connectivity index is 1.76. The van der Waals surface area contributed by atoms with E-state index in [1.54, 1.807) is 17.1 Å². The number of carbonyl (C=O) groups is 1.